The van der Waals surface area contributed by atoms with Crippen LogP contribution in [0.25, 0.3) is 11.1 Å². The smallest absolute Gasteiger partial charge is 0.243 e. The molecule has 126 valence electrons. The van der Waals surface area contributed by atoms with Gasteiger partial charge in [-0.15, -0.1) is 0 Å². The van der Waals surface area contributed by atoms with Crippen LogP contribution < -0.4 is 5.73 Å². The molecule has 3 rings (SSSR count). The summed E-state index contributed by atoms with van der Waals surface area (Å²) in [6.45, 7) is 0.566. The number of sulfonamides is 1. The lowest BCUT2D eigenvalue weighted by Gasteiger charge is -2.30. The average Bonchev–Trinajstić information content (AvgIpc) is 2.62. The second kappa shape index (κ2) is 6.75. The molecule has 0 aromatic heterocycles. The molecule has 5 nitrogen and oxygen atoms in total. The Morgan fingerprint density at radius 2 is 1.71 bits per heavy atom. The summed E-state index contributed by atoms with van der Waals surface area (Å²) in [4.78, 5) is 11.7. The van der Waals surface area contributed by atoms with E-state index in [4.69, 9.17) is 5.73 Å². The van der Waals surface area contributed by atoms with Crippen LogP contribution in [-0.2, 0) is 14.8 Å². The molecule has 1 atom stereocenters. The van der Waals surface area contributed by atoms with Crippen molar-refractivity contribution in [1.29, 1.82) is 0 Å². The third-order valence-corrected chi connectivity index (χ3v) is 6.30. The molecule has 0 bridgehead atoms. The molecule has 2 aromatic rings. The minimum absolute atomic E-state index is 0.154. The minimum Gasteiger partial charge on any atom is -0.369 e. The summed E-state index contributed by atoms with van der Waals surface area (Å²) in [5.74, 6) is -0.858. The van der Waals surface area contributed by atoms with Crippen LogP contribution in [0.1, 0.15) is 12.8 Å². The number of nitrogens with zero attached hydrogens (tertiary/aromatic N) is 1. The van der Waals surface area contributed by atoms with Crippen molar-refractivity contribution in [3.63, 3.8) is 0 Å². The maximum Gasteiger partial charge on any atom is 0.243 e. The lowest BCUT2D eigenvalue weighted by Crippen LogP contribution is -2.44. The summed E-state index contributed by atoms with van der Waals surface area (Å²) < 4.78 is 27.6. The molecule has 1 heterocycles. The van der Waals surface area contributed by atoms with E-state index < -0.39 is 21.8 Å². The first-order valence-electron chi connectivity index (χ1n) is 7.94. The highest BCUT2D eigenvalue weighted by Gasteiger charge is 2.33. The van der Waals surface area contributed by atoms with Crippen molar-refractivity contribution in [1.82, 2.24) is 4.31 Å². The second-order valence-corrected chi connectivity index (χ2v) is 7.87. The number of nitrogens with two attached hydrogens (primary N) is 1. The maximum absolute atomic E-state index is 13.1. The molecule has 1 saturated heterocycles. The van der Waals surface area contributed by atoms with Crippen molar-refractivity contribution in [3.05, 3.63) is 54.6 Å². The van der Waals surface area contributed by atoms with Gasteiger partial charge in [-0.1, -0.05) is 48.5 Å². The van der Waals surface area contributed by atoms with E-state index in [2.05, 4.69) is 0 Å². The molecule has 2 aromatic carbocycles. The van der Waals surface area contributed by atoms with Crippen molar-refractivity contribution < 1.29 is 13.2 Å². The Labute approximate surface area is 142 Å². The number of benzene rings is 2. The van der Waals surface area contributed by atoms with Crippen molar-refractivity contribution in [2.75, 3.05) is 13.1 Å². The first kappa shape index (κ1) is 16.7. The molecule has 24 heavy (non-hydrogen) atoms. The van der Waals surface area contributed by atoms with Crippen LogP contribution in [0.5, 0.6) is 0 Å². The van der Waals surface area contributed by atoms with Crippen LogP contribution in [0.3, 0.4) is 0 Å². The normalized spacial score (nSPS) is 19.1. The van der Waals surface area contributed by atoms with E-state index in [9.17, 15) is 13.2 Å². The summed E-state index contributed by atoms with van der Waals surface area (Å²) in [7, 11) is -3.68. The van der Waals surface area contributed by atoms with Crippen LogP contribution >= 0.6 is 0 Å². The molecule has 0 unspecified atom stereocenters. The van der Waals surface area contributed by atoms with E-state index in [1.165, 1.54) is 4.31 Å². The van der Waals surface area contributed by atoms with Gasteiger partial charge in [0.1, 0.15) is 0 Å². The van der Waals surface area contributed by atoms with E-state index in [0.29, 0.717) is 24.9 Å². The number of amides is 1. The molecular weight excluding hydrogens is 324 g/mol. The van der Waals surface area contributed by atoms with Crippen LogP contribution in [0.15, 0.2) is 59.5 Å². The summed E-state index contributed by atoms with van der Waals surface area (Å²) in [6.07, 6.45) is 1.28. The molecule has 2 N–H and O–H groups in total. The topological polar surface area (TPSA) is 80.5 Å². The van der Waals surface area contributed by atoms with Crippen molar-refractivity contribution >= 4 is 15.9 Å². The average molecular weight is 344 g/mol. The number of carbonyl (C=O) groups excluding carboxylic acids is 1. The molecule has 0 saturated carbocycles. The van der Waals surface area contributed by atoms with Crippen molar-refractivity contribution in [2.45, 2.75) is 17.7 Å². The van der Waals surface area contributed by atoms with Gasteiger partial charge in [0.15, 0.2) is 0 Å². The molecule has 1 aliphatic rings. The maximum atomic E-state index is 13.1. The van der Waals surface area contributed by atoms with Gasteiger partial charge in [-0.05, 0) is 24.5 Å². The number of piperidine rings is 1. The summed E-state index contributed by atoms with van der Waals surface area (Å²) in [6, 6.07) is 16.4. The van der Waals surface area contributed by atoms with E-state index >= 15 is 0 Å². The van der Waals surface area contributed by atoms with Crippen LogP contribution in [0.2, 0.25) is 0 Å². The van der Waals surface area contributed by atoms with Crippen LogP contribution in [0, 0.1) is 5.92 Å². The number of primary amides is 1. The van der Waals surface area contributed by atoms with E-state index in [1.807, 2.05) is 36.4 Å². The van der Waals surface area contributed by atoms with E-state index in [1.54, 1.807) is 18.2 Å². The van der Waals surface area contributed by atoms with Gasteiger partial charge in [-0.25, -0.2) is 8.42 Å². The summed E-state index contributed by atoms with van der Waals surface area (Å²) in [5, 5.41) is 0. The predicted molar refractivity (Wildman–Crippen MR) is 92.6 cm³/mol. The van der Waals surface area contributed by atoms with Gasteiger partial charge in [0.05, 0.1) is 10.8 Å². The molecule has 1 amide bonds. The molecule has 1 aliphatic heterocycles. The lowest BCUT2D eigenvalue weighted by atomic mass is 9.99. The number of carbonyl (C=O) groups is 1. The predicted octanol–water partition coefficient (Wildman–Crippen LogP) is 2.24. The van der Waals surface area contributed by atoms with E-state index in [-0.39, 0.29) is 11.4 Å². The molecule has 6 heteroatoms. The highest BCUT2D eigenvalue weighted by molar-refractivity contribution is 7.89. The van der Waals surface area contributed by atoms with Gasteiger partial charge in [-0.3, -0.25) is 4.79 Å². The van der Waals surface area contributed by atoms with Gasteiger partial charge in [-0.2, -0.15) is 4.31 Å². The zero-order chi connectivity index (χ0) is 17.2. The SMILES string of the molecule is NC(=O)[C@@H]1CCCN(S(=O)(=O)c2ccccc2-c2ccccc2)C1. The lowest BCUT2D eigenvalue weighted by molar-refractivity contribution is -0.122. The fourth-order valence-electron chi connectivity index (χ4n) is 3.08. The zero-order valence-electron chi connectivity index (χ0n) is 13.3. The third-order valence-electron chi connectivity index (χ3n) is 4.38. The summed E-state index contributed by atoms with van der Waals surface area (Å²) in [5.41, 5.74) is 6.89. The van der Waals surface area contributed by atoms with Gasteiger partial charge in [0, 0.05) is 18.7 Å². The molecule has 0 radical (unpaired) electrons. The Balaban J connectivity index is 2.01. The number of rotatable bonds is 4. The van der Waals surface area contributed by atoms with Gasteiger partial charge in [0.2, 0.25) is 15.9 Å². The van der Waals surface area contributed by atoms with Crippen molar-refractivity contribution in [3.8, 4) is 11.1 Å². The van der Waals surface area contributed by atoms with Gasteiger partial charge in [0.25, 0.3) is 0 Å². The molecule has 1 fully saturated rings. The van der Waals surface area contributed by atoms with E-state index in [0.717, 1.165) is 5.56 Å². The quantitative estimate of drug-likeness (QED) is 0.923. The Hall–Kier alpha value is -2.18. The molecule has 0 spiro atoms. The number of hydrogen-bond donors (Lipinski definition) is 1. The molecular formula is C18H20N2O3S. The highest BCUT2D eigenvalue weighted by atomic mass is 32.2. The van der Waals surface area contributed by atoms with Crippen molar-refractivity contribution in [2.24, 2.45) is 11.7 Å². The van der Waals surface area contributed by atoms with Gasteiger partial charge < -0.3 is 5.73 Å². The second-order valence-electron chi connectivity index (χ2n) is 5.97. The van der Waals surface area contributed by atoms with Crippen LogP contribution in [-0.4, -0.2) is 31.7 Å². The Kier molecular flexibility index (Phi) is 4.69. The fourth-order valence-corrected chi connectivity index (χ4v) is 4.82. The molecule has 0 aliphatic carbocycles. The van der Waals surface area contributed by atoms with Gasteiger partial charge >= 0.3 is 0 Å². The van der Waals surface area contributed by atoms with Crippen LogP contribution in [0.4, 0.5) is 0 Å². The first-order chi connectivity index (χ1) is 11.5. The first-order valence-corrected chi connectivity index (χ1v) is 9.38. The Morgan fingerprint density at radius 1 is 1.04 bits per heavy atom. The number of hydrogen-bond acceptors (Lipinski definition) is 3. The highest BCUT2D eigenvalue weighted by Crippen LogP contribution is 2.31. The largest absolute Gasteiger partial charge is 0.369 e. The standard InChI is InChI=1S/C18H20N2O3S/c19-18(21)15-9-6-12-20(13-15)24(22,23)17-11-5-4-10-16(17)14-7-2-1-3-8-14/h1-5,7-8,10-11,15H,6,9,12-13H2,(H2,19,21)/t15-/m1/s1. The summed E-state index contributed by atoms with van der Waals surface area (Å²) >= 11 is 0. The minimum atomic E-state index is -3.68. The zero-order valence-corrected chi connectivity index (χ0v) is 14.1. The fraction of sp³-hybridized carbons (Fsp3) is 0.278. The monoisotopic (exact) mass is 344 g/mol. The third kappa shape index (κ3) is 3.20. The Morgan fingerprint density at radius 3 is 2.42 bits per heavy atom. The Bertz CT molecular complexity index is 834.